The van der Waals surface area contributed by atoms with E-state index in [1.54, 1.807) is 30.3 Å². The van der Waals surface area contributed by atoms with Crippen molar-refractivity contribution < 1.29 is 23.3 Å². The molecular formula is C22H21N3O5. The second kappa shape index (κ2) is 7.70. The highest BCUT2D eigenvalue weighted by Gasteiger charge is 2.31. The van der Waals surface area contributed by atoms with Crippen molar-refractivity contribution in [2.45, 2.75) is 31.7 Å². The second-order valence-electron chi connectivity index (χ2n) is 7.50. The molecule has 5 rings (SSSR count). The van der Waals surface area contributed by atoms with Crippen LogP contribution in [0.1, 0.15) is 46.5 Å². The van der Waals surface area contributed by atoms with E-state index in [1.165, 1.54) is 12.3 Å². The molecule has 0 radical (unpaired) electrons. The fourth-order valence-corrected chi connectivity index (χ4v) is 4.04. The minimum atomic E-state index is -0.438. The Kier molecular flexibility index (Phi) is 4.74. The Bertz CT molecular complexity index is 1070. The largest absolute Gasteiger partial charge is 0.493 e. The van der Waals surface area contributed by atoms with E-state index in [-0.39, 0.29) is 17.6 Å². The van der Waals surface area contributed by atoms with E-state index in [9.17, 15) is 9.59 Å². The lowest BCUT2D eigenvalue weighted by atomic mass is 9.97. The van der Waals surface area contributed by atoms with Gasteiger partial charge in [-0.3, -0.25) is 9.59 Å². The maximum atomic E-state index is 13.2. The second-order valence-corrected chi connectivity index (χ2v) is 7.50. The molecule has 2 aromatic heterocycles. The van der Waals surface area contributed by atoms with E-state index >= 15 is 0 Å². The molecule has 30 heavy (non-hydrogen) atoms. The summed E-state index contributed by atoms with van der Waals surface area (Å²) >= 11 is 0. The number of carbonyl (C=O) groups is 2. The minimum absolute atomic E-state index is 0.0490. The van der Waals surface area contributed by atoms with Crippen LogP contribution in [0.5, 0.6) is 5.75 Å². The van der Waals surface area contributed by atoms with Crippen LogP contribution in [0.15, 0.2) is 51.6 Å². The van der Waals surface area contributed by atoms with Crippen LogP contribution in [0.4, 0.5) is 5.69 Å². The van der Waals surface area contributed by atoms with Crippen LogP contribution in [-0.2, 0) is 0 Å². The summed E-state index contributed by atoms with van der Waals surface area (Å²) in [5, 5.41) is 6.58. The van der Waals surface area contributed by atoms with Crippen molar-refractivity contribution >= 4 is 17.5 Å². The SMILES string of the molecule is O=C(Nc1ccc2c(c1)C(=O)N1CCCCC1CCO2)c1cc(-c2ccco2)on1. The molecule has 1 atom stereocenters. The number of furan rings is 1. The van der Waals surface area contributed by atoms with Crippen LogP contribution in [0.3, 0.4) is 0 Å². The monoisotopic (exact) mass is 407 g/mol. The molecule has 0 aliphatic carbocycles. The number of aromatic nitrogens is 1. The van der Waals surface area contributed by atoms with Crippen molar-refractivity contribution in [2.75, 3.05) is 18.5 Å². The molecule has 1 N–H and O–H groups in total. The Balaban J connectivity index is 1.37. The summed E-state index contributed by atoms with van der Waals surface area (Å²) in [5.74, 6) is 0.909. The highest BCUT2D eigenvalue weighted by Crippen LogP contribution is 2.31. The Labute approximate surface area is 172 Å². The predicted octanol–water partition coefficient (Wildman–Crippen LogP) is 3.96. The number of nitrogens with zero attached hydrogens (tertiary/aromatic N) is 2. The quantitative estimate of drug-likeness (QED) is 0.706. The molecular weight excluding hydrogens is 386 g/mol. The van der Waals surface area contributed by atoms with Crippen LogP contribution >= 0.6 is 0 Å². The zero-order valence-electron chi connectivity index (χ0n) is 16.3. The van der Waals surface area contributed by atoms with Gasteiger partial charge >= 0.3 is 0 Å². The highest BCUT2D eigenvalue weighted by molar-refractivity contribution is 6.05. The van der Waals surface area contributed by atoms with Gasteiger partial charge in [0.2, 0.25) is 5.76 Å². The van der Waals surface area contributed by atoms with Gasteiger partial charge in [0.15, 0.2) is 11.5 Å². The van der Waals surface area contributed by atoms with Crippen LogP contribution in [-0.4, -0.2) is 41.1 Å². The molecule has 1 aromatic carbocycles. The lowest BCUT2D eigenvalue weighted by Crippen LogP contribution is -2.45. The van der Waals surface area contributed by atoms with Crippen molar-refractivity contribution in [3.05, 3.63) is 53.9 Å². The molecule has 3 aromatic rings. The molecule has 0 spiro atoms. The number of nitrogens with one attached hydrogen (secondary N) is 1. The first-order chi connectivity index (χ1) is 14.7. The Morgan fingerprint density at radius 2 is 2.07 bits per heavy atom. The predicted molar refractivity (Wildman–Crippen MR) is 107 cm³/mol. The molecule has 1 unspecified atom stereocenters. The summed E-state index contributed by atoms with van der Waals surface area (Å²) in [5.41, 5.74) is 1.08. The fourth-order valence-electron chi connectivity index (χ4n) is 4.04. The molecule has 0 bridgehead atoms. The van der Waals surface area contributed by atoms with Gasteiger partial charge in [0, 0.05) is 30.8 Å². The summed E-state index contributed by atoms with van der Waals surface area (Å²) in [6, 6.07) is 10.3. The van der Waals surface area contributed by atoms with Gasteiger partial charge in [0.05, 0.1) is 18.4 Å². The number of ether oxygens (including phenoxy) is 1. The van der Waals surface area contributed by atoms with Crippen molar-refractivity contribution in [3.8, 4) is 17.3 Å². The molecule has 8 heteroatoms. The molecule has 2 aliphatic rings. The number of anilines is 1. The van der Waals surface area contributed by atoms with Crippen molar-refractivity contribution in [3.63, 3.8) is 0 Å². The van der Waals surface area contributed by atoms with Gasteiger partial charge in [-0.25, -0.2) is 0 Å². The van der Waals surface area contributed by atoms with Crippen LogP contribution in [0.25, 0.3) is 11.5 Å². The van der Waals surface area contributed by atoms with E-state index in [4.69, 9.17) is 13.7 Å². The van der Waals surface area contributed by atoms with E-state index in [0.717, 1.165) is 32.2 Å². The van der Waals surface area contributed by atoms with Crippen LogP contribution < -0.4 is 10.1 Å². The van der Waals surface area contributed by atoms with Gasteiger partial charge in [-0.05, 0) is 49.6 Å². The van der Waals surface area contributed by atoms with Crippen LogP contribution in [0.2, 0.25) is 0 Å². The number of hydrogen-bond donors (Lipinski definition) is 1. The third-order valence-electron chi connectivity index (χ3n) is 5.57. The first-order valence-corrected chi connectivity index (χ1v) is 10.1. The van der Waals surface area contributed by atoms with E-state index < -0.39 is 5.91 Å². The first-order valence-electron chi connectivity index (χ1n) is 10.1. The summed E-state index contributed by atoms with van der Waals surface area (Å²) < 4.78 is 16.3. The number of amides is 2. The maximum absolute atomic E-state index is 13.2. The van der Waals surface area contributed by atoms with E-state index in [0.29, 0.717) is 35.1 Å². The lowest BCUT2D eigenvalue weighted by molar-refractivity contribution is 0.0548. The standard InChI is InChI=1S/C22H21N3O5/c26-21(17-13-20(30-24-17)19-5-3-10-28-19)23-14-6-7-18-16(12-14)22(27)25-9-2-1-4-15(25)8-11-29-18/h3,5-7,10,12-13,15H,1-2,4,8-9,11H2,(H,23,26). The topological polar surface area (TPSA) is 97.8 Å². The zero-order chi connectivity index (χ0) is 20.5. The third kappa shape index (κ3) is 3.45. The number of fused-ring (bicyclic) bond motifs is 2. The summed E-state index contributed by atoms with van der Waals surface area (Å²) in [6.45, 7) is 1.33. The third-order valence-corrected chi connectivity index (χ3v) is 5.57. The van der Waals surface area contributed by atoms with Gasteiger partial charge in [-0.15, -0.1) is 0 Å². The van der Waals surface area contributed by atoms with Crippen molar-refractivity contribution in [1.29, 1.82) is 0 Å². The number of benzene rings is 1. The maximum Gasteiger partial charge on any atom is 0.277 e. The van der Waals surface area contributed by atoms with Crippen molar-refractivity contribution in [2.24, 2.45) is 0 Å². The lowest BCUT2D eigenvalue weighted by Gasteiger charge is -2.37. The Morgan fingerprint density at radius 3 is 2.93 bits per heavy atom. The average molecular weight is 407 g/mol. The molecule has 154 valence electrons. The number of rotatable bonds is 3. The van der Waals surface area contributed by atoms with Gasteiger partial charge in [-0.2, -0.15) is 0 Å². The Morgan fingerprint density at radius 1 is 1.13 bits per heavy atom. The molecule has 0 saturated carbocycles. The first kappa shape index (κ1) is 18.5. The Hall–Kier alpha value is -3.55. The number of piperidine rings is 1. The molecule has 2 aliphatic heterocycles. The van der Waals surface area contributed by atoms with Gasteiger partial charge < -0.3 is 23.9 Å². The van der Waals surface area contributed by atoms with Crippen LogP contribution in [0, 0.1) is 0 Å². The van der Waals surface area contributed by atoms with E-state index in [1.807, 2.05) is 4.90 Å². The summed E-state index contributed by atoms with van der Waals surface area (Å²) in [6.07, 6.45) is 5.51. The fraction of sp³-hybridized carbons (Fsp3) is 0.318. The summed E-state index contributed by atoms with van der Waals surface area (Å²) in [4.78, 5) is 27.7. The van der Waals surface area contributed by atoms with Crippen molar-refractivity contribution in [1.82, 2.24) is 10.1 Å². The number of carbonyl (C=O) groups excluding carboxylic acids is 2. The van der Waals surface area contributed by atoms with Gasteiger partial charge in [0.1, 0.15) is 5.75 Å². The highest BCUT2D eigenvalue weighted by atomic mass is 16.5. The smallest absolute Gasteiger partial charge is 0.277 e. The molecule has 1 saturated heterocycles. The summed E-state index contributed by atoms with van der Waals surface area (Å²) in [7, 11) is 0. The van der Waals surface area contributed by atoms with Gasteiger partial charge in [0.25, 0.3) is 11.8 Å². The molecule has 1 fully saturated rings. The molecule has 8 nitrogen and oxygen atoms in total. The average Bonchev–Trinajstić information content (AvgIpc) is 3.45. The zero-order valence-corrected chi connectivity index (χ0v) is 16.3. The van der Waals surface area contributed by atoms with E-state index in [2.05, 4.69) is 10.5 Å². The normalized spacial score (nSPS) is 18.6. The number of hydrogen-bond acceptors (Lipinski definition) is 6. The minimum Gasteiger partial charge on any atom is -0.493 e. The molecule has 4 heterocycles. The molecule has 2 amide bonds. The van der Waals surface area contributed by atoms with Gasteiger partial charge in [-0.1, -0.05) is 5.16 Å².